The molecule has 0 bridgehead atoms. The van der Waals surface area contributed by atoms with Crippen LogP contribution in [0, 0.1) is 0 Å². The molecule has 3 heteroatoms. The van der Waals surface area contributed by atoms with Crippen LogP contribution in [-0.2, 0) is 12.8 Å². The van der Waals surface area contributed by atoms with Crippen molar-refractivity contribution < 1.29 is 0 Å². The number of hydrogen-bond acceptors (Lipinski definition) is 2. The summed E-state index contributed by atoms with van der Waals surface area (Å²) in [5, 5.41) is 3.79. The van der Waals surface area contributed by atoms with Crippen LogP contribution in [0.1, 0.15) is 22.3 Å². The number of aromatic nitrogens is 3. The van der Waals surface area contributed by atoms with Crippen molar-refractivity contribution in [3.63, 3.8) is 0 Å². The molecule has 3 heterocycles. The Morgan fingerprint density at radius 2 is 1.31 bits per heavy atom. The Kier molecular flexibility index (Phi) is 3.14. The largest absolute Gasteiger partial charge is 0.276 e. The van der Waals surface area contributed by atoms with Crippen LogP contribution in [-0.4, -0.2) is 14.4 Å². The molecule has 9 rings (SSSR count). The quantitative estimate of drug-likeness (QED) is 0.229. The summed E-state index contributed by atoms with van der Waals surface area (Å²) in [4.78, 5) is 10.2. The maximum Gasteiger partial charge on any atom is 0.148 e. The van der Waals surface area contributed by atoms with E-state index in [-0.39, 0.29) is 0 Å². The number of para-hydroxylation sites is 2. The lowest BCUT2D eigenvalue weighted by Crippen LogP contribution is -1.99. The van der Waals surface area contributed by atoms with Gasteiger partial charge in [0.05, 0.1) is 11.0 Å². The van der Waals surface area contributed by atoms with Crippen molar-refractivity contribution in [3.8, 4) is 22.3 Å². The smallest absolute Gasteiger partial charge is 0.148 e. The van der Waals surface area contributed by atoms with Gasteiger partial charge in [-0.05, 0) is 81.6 Å². The van der Waals surface area contributed by atoms with E-state index in [0.29, 0.717) is 0 Å². The van der Waals surface area contributed by atoms with Gasteiger partial charge in [0.2, 0.25) is 0 Å². The second kappa shape index (κ2) is 6.13. The summed E-state index contributed by atoms with van der Waals surface area (Å²) in [6, 6.07) is 30.6. The lowest BCUT2D eigenvalue weighted by atomic mass is 9.88. The molecule has 0 aliphatic heterocycles. The predicted octanol–water partition coefficient (Wildman–Crippen LogP) is 7.33. The summed E-state index contributed by atoms with van der Waals surface area (Å²) in [5.74, 6) is 0. The Bertz CT molecular complexity index is 2060. The SMILES string of the molecule is c1ccc2c(c1)Cc1c-2c2c(c3c1c1cccnc1n1c4ccccc4nc31)-c1ccccc1C2. The number of hydrogen-bond donors (Lipinski definition) is 0. The lowest BCUT2D eigenvalue weighted by Gasteiger charge is -2.18. The van der Waals surface area contributed by atoms with Crippen LogP contribution in [0.2, 0.25) is 0 Å². The fourth-order valence-corrected chi connectivity index (χ4v) is 6.75. The molecule has 0 amide bonds. The average Bonchev–Trinajstić information content (AvgIpc) is 3.59. The van der Waals surface area contributed by atoms with E-state index >= 15 is 0 Å². The van der Waals surface area contributed by atoms with Gasteiger partial charge in [0, 0.05) is 22.4 Å². The summed E-state index contributed by atoms with van der Waals surface area (Å²) < 4.78 is 2.28. The molecular weight excluding hydrogens is 426 g/mol. The van der Waals surface area contributed by atoms with Gasteiger partial charge in [-0.25, -0.2) is 9.97 Å². The van der Waals surface area contributed by atoms with Crippen molar-refractivity contribution in [2.45, 2.75) is 12.8 Å². The van der Waals surface area contributed by atoms with Crippen LogP contribution >= 0.6 is 0 Å². The first-order valence-corrected chi connectivity index (χ1v) is 12.2. The minimum Gasteiger partial charge on any atom is -0.276 e. The minimum atomic E-state index is 0.950. The van der Waals surface area contributed by atoms with E-state index < -0.39 is 0 Å². The van der Waals surface area contributed by atoms with E-state index in [1.54, 1.807) is 0 Å². The van der Waals surface area contributed by atoms with Gasteiger partial charge in [0.15, 0.2) is 0 Å². The molecule has 0 unspecified atom stereocenters. The van der Waals surface area contributed by atoms with Gasteiger partial charge in [-0.1, -0.05) is 60.7 Å². The molecule has 0 atom stereocenters. The number of benzene rings is 4. The molecule has 4 aromatic carbocycles. The van der Waals surface area contributed by atoms with E-state index in [0.717, 1.165) is 35.2 Å². The maximum atomic E-state index is 5.24. The van der Waals surface area contributed by atoms with Crippen molar-refractivity contribution >= 4 is 38.5 Å². The third-order valence-electron chi connectivity index (χ3n) is 8.07. The molecule has 0 fully saturated rings. The topological polar surface area (TPSA) is 30.2 Å². The molecule has 162 valence electrons. The summed E-state index contributed by atoms with van der Waals surface area (Å²) in [7, 11) is 0. The Morgan fingerprint density at radius 3 is 2.17 bits per heavy atom. The normalized spacial score (nSPS) is 13.5. The summed E-state index contributed by atoms with van der Waals surface area (Å²) >= 11 is 0. The second-order valence-corrected chi connectivity index (χ2v) is 9.76. The fourth-order valence-electron chi connectivity index (χ4n) is 6.75. The van der Waals surface area contributed by atoms with E-state index in [1.807, 2.05) is 6.20 Å². The molecule has 7 aromatic rings. The van der Waals surface area contributed by atoms with Crippen molar-refractivity contribution in [2.24, 2.45) is 0 Å². The van der Waals surface area contributed by atoms with Gasteiger partial charge in [-0.3, -0.25) is 4.40 Å². The van der Waals surface area contributed by atoms with E-state index in [4.69, 9.17) is 9.97 Å². The summed E-state index contributed by atoms with van der Waals surface area (Å²) in [6.45, 7) is 0. The first-order valence-electron chi connectivity index (χ1n) is 12.2. The number of fused-ring (bicyclic) bond motifs is 17. The Labute approximate surface area is 201 Å². The van der Waals surface area contributed by atoms with Crippen LogP contribution in [0.5, 0.6) is 0 Å². The molecule has 3 nitrogen and oxygen atoms in total. The van der Waals surface area contributed by atoms with E-state index in [9.17, 15) is 0 Å². The first-order chi connectivity index (χ1) is 17.4. The van der Waals surface area contributed by atoms with Crippen LogP contribution in [0.25, 0.3) is 60.7 Å². The third-order valence-corrected chi connectivity index (χ3v) is 8.07. The number of nitrogens with zero attached hydrogens (tertiary/aromatic N) is 3. The molecule has 2 aliphatic rings. The van der Waals surface area contributed by atoms with Gasteiger partial charge >= 0.3 is 0 Å². The molecule has 0 radical (unpaired) electrons. The highest BCUT2D eigenvalue weighted by atomic mass is 15.1. The lowest BCUT2D eigenvalue weighted by molar-refractivity contribution is 1.22. The van der Waals surface area contributed by atoms with Crippen LogP contribution in [0.3, 0.4) is 0 Å². The molecule has 0 N–H and O–H groups in total. The minimum absolute atomic E-state index is 0.950. The Balaban J connectivity index is 1.64. The highest BCUT2D eigenvalue weighted by molar-refractivity contribution is 6.23. The van der Waals surface area contributed by atoms with Crippen molar-refractivity contribution in [1.82, 2.24) is 14.4 Å². The molecule has 35 heavy (non-hydrogen) atoms. The third kappa shape index (κ3) is 2.08. The van der Waals surface area contributed by atoms with Crippen LogP contribution < -0.4 is 0 Å². The predicted molar refractivity (Wildman–Crippen MR) is 142 cm³/mol. The zero-order valence-electron chi connectivity index (χ0n) is 18.9. The average molecular weight is 446 g/mol. The standard InChI is InChI=1S/C32H19N3/c1-3-10-20-18(8-1)16-24-27(20)23-17-19-9-2-4-11-21(19)28(23)30-29(24)22-12-7-15-33-31(22)35-26-14-6-5-13-25(26)34-32(30)35/h1-15H,16-17H2. The molecule has 3 aromatic heterocycles. The van der Waals surface area contributed by atoms with Gasteiger partial charge in [0.25, 0.3) is 0 Å². The number of pyridine rings is 2. The monoisotopic (exact) mass is 445 g/mol. The second-order valence-electron chi connectivity index (χ2n) is 9.76. The zero-order valence-corrected chi connectivity index (χ0v) is 18.9. The van der Waals surface area contributed by atoms with Crippen molar-refractivity contribution in [1.29, 1.82) is 0 Å². The number of imidazole rings is 1. The summed E-state index contributed by atoms with van der Waals surface area (Å²) in [6.07, 6.45) is 3.82. The Hall–Kier alpha value is -4.50. The number of rotatable bonds is 0. The molecule has 0 saturated carbocycles. The Morgan fingerprint density at radius 1 is 0.600 bits per heavy atom. The van der Waals surface area contributed by atoms with Gasteiger partial charge in [0.1, 0.15) is 11.3 Å². The highest BCUT2D eigenvalue weighted by Gasteiger charge is 2.33. The zero-order chi connectivity index (χ0) is 22.7. The maximum absolute atomic E-state index is 5.24. The van der Waals surface area contributed by atoms with Crippen LogP contribution in [0.4, 0.5) is 0 Å². The van der Waals surface area contributed by atoms with Gasteiger partial charge in [-0.15, -0.1) is 0 Å². The van der Waals surface area contributed by atoms with Crippen molar-refractivity contribution in [3.05, 3.63) is 113 Å². The highest BCUT2D eigenvalue weighted by Crippen LogP contribution is 2.54. The van der Waals surface area contributed by atoms with E-state index in [2.05, 4.69) is 89.3 Å². The molecular formula is C32H19N3. The van der Waals surface area contributed by atoms with Gasteiger partial charge in [-0.2, -0.15) is 0 Å². The fraction of sp³-hybridized carbons (Fsp3) is 0.0625. The molecule has 0 spiro atoms. The van der Waals surface area contributed by atoms with Gasteiger partial charge < -0.3 is 0 Å². The van der Waals surface area contributed by atoms with Crippen LogP contribution in [0.15, 0.2) is 91.1 Å². The van der Waals surface area contributed by atoms with E-state index in [1.165, 1.54) is 60.7 Å². The molecule has 2 aliphatic carbocycles. The summed E-state index contributed by atoms with van der Waals surface area (Å²) in [5.41, 5.74) is 15.3. The van der Waals surface area contributed by atoms with Crippen molar-refractivity contribution in [2.75, 3.05) is 0 Å². The molecule has 0 saturated heterocycles. The first kappa shape index (κ1) is 17.9.